The van der Waals surface area contributed by atoms with E-state index in [0.717, 1.165) is 12.8 Å². The van der Waals surface area contributed by atoms with Gasteiger partial charge in [0.15, 0.2) is 0 Å². The Morgan fingerprint density at radius 2 is 2.06 bits per heavy atom. The van der Waals surface area contributed by atoms with Crippen LogP contribution in [0.3, 0.4) is 0 Å². The summed E-state index contributed by atoms with van der Waals surface area (Å²) < 4.78 is 10.8. The summed E-state index contributed by atoms with van der Waals surface area (Å²) in [6, 6.07) is 9.05. The van der Waals surface area contributed by atoms with Crippen molar-refractivity contribution < 1.29 is 14.3 Å². The smallest absolute Gasteiger partial charge is 0.338 e. The number of hydrogen-bond donors (Lipinski definition) is 0. The van der Waals surface area contributed by atoms with E-state index in [4.69, 9.17) is 9.47 Å². The van der Waals surface area contributed by atoms with Crippen molar-refractivity contribution in [3.05, 3.63) is 35.9 Å². The summed E-state index contributed by atoms with van der Waals surface area (Å²) in [5.41, 5.74) is 0.598. The van der Waals surface area contributed by atoms with Gasteiger partial charge in [-0.2, -0.15) is 0 Å². The number of rotatable bonds is 2. The predicted molar refractivity (Wildman–Crippen MR) is 60.3 cm³/mol. The maximum atomic E-state index is 11.7. The second kappa shape index (κ2) is 5.12. The summed E-state index contributed by atoms with van der Waals surface area (Å²) >= 11 is 0. The molecule has 0 N–H and O–H groups in total. The van der Waals surface area contributed by atoms with Crippen molar-refractivity contribution in [3.8, 4) is 0 Å². The fraction of sp³-hybridized carbons (Fsp3) is 0.462. The Kier molecular flexibility index (Phi) is 3.57. The van der Waals surface area contributed by atoms with Crippen LogP contribution < -0.4 is 0 Å². The lowest BCUT2D eigenvalue weighted by Crippen LogP contribution is -2.31. The first-order valence-corrected chi connectivity index (χ1v) is 5.63. The standard InChI is InChI=1S/C13H16O3/c1-10-7-8-12(9-15-10)16-13(14)11-5-3-2-4-6-11/h2-6,10,12H,7-9H2,1H3/t10-,12+/m0/s1. The number of carbonyl (C=O) groups excluding carboxylic acids is 1. The SMILES string of the molecule is C[C@H]1CC[C@@H](OC(=O)c2ccccc2)CO1. The Morgan fingerprint density at radius 3 is 2.69 bits per heavy atom. The largest absolute Gasteiger partial charge is 0.456 e. The molecule has 1 aromatic rings. The maximum absolute atomic E-state index is 11.7. The lowest BCUT2D eigenvalue weighted by molar-refractivity contribution is -0.0602. The van der Waals surface area contributed by atoms with Gasteiger partial charge in [-0.25, -0.2) is 4.79 Å². The zero-order valence-electron chi connectivity index (χ0n) is 9.39. The van der Waals surface area contributed by atoms with Crippen molar-refractivity contribution in [2.45, 2.75) is 32.0 Å². The molecule has 0 aliphatic carbocycles. The first kappa shape index (κ1) is 11.1. The van der Waals surface area contributed by atoms with Gasteiger partial charge in [-0.05, 0) is 31.9 Å². The van der Waals surface area contributed by atoms with Gasteiger partial charge in [0, 0.05) is 0 Å². The third-order valence-electron chi connectivity index (χ3n) is 2.74. The Hall–Kier alpha value is -1.35. The molecule has 16 heavy (non-hydrogen) atoms. The Morgan fingerprint density at radius 1 is 1.31 bits per heavy atom. The van der Waals surface area contributed by atoms with E-state index in [1.807, 2.05) is 25.1 Å². The minimum absolute atomic E-state index is 0.0936. The molecular formula is C13H16O3. The molecule has 0 unspecified atom stereocenters. The van der Waals surface area contributed by atoms with Crippen LogP contribution >= 0.6 is 0 Å². The van der Waals surface area contributed by atoms with E-state index >= 15 is 0 Å². The predicted octanol–water partition coefficient (Wildman–Crippen LogP) is 2.41. The highest BCUT2D eigenvalue weighted by molar-refractivity contribution is 5.89. The zero-order chi connectivity index (χ0) is 11.4. The fourth-order valence-corrected chi connectivity index (χ4v) is 1.75. The van der Waals surface area contributed by atoms with Crippen molar-refractivity contribution in [3.63, 3.8) is 0 Å². The van der Waals surface area contributed by atoms with Crippen LogP contribution in [0.25, 0.3) is 0 Å². The molecule has 0 amide bonds. The van der Waals surface area contributed by atoms with E-state index in [1.165, 1.54) is 0 Å². The minimum Gasteiger partial charge on any atom is -0.456 e. The topological polar surface area (TPSA) is 35.5 Å². The molecule has 0 radical (unpaired) electrons. The number of hydrogen-bond acceptors (Lipinski definition) is 3. The van der Waals surface area contributed by atoms with E-state index in [0.29, 0.717) is 12.2 Å². The van der Waals surface area contributed by atoms with Crippen molar-refractivity contribution >= 4 is 5.97 Å². The van der Waals surface area contributed by atoms with Gasteiger partial charge in [-0.15, -0.1) is 0 Å². The fourth-order valence-electron chi connectivity index (χ4n) is 1.75. The molecule has 1 aliphatic rings. The molecule has 1 aliphatic heterocycles. The highest BCUT2D eigenvalue weighted by atomic mass is 16.6. The highest BCUT2D eigenvalue weighted by Gasteiger charge is 2.22. The number of esters is 1. The van der Waals surface area contributed by atoms with E-state index < -0.39 is 0 Å². The van der Waals surface area contributed by atoms with Gasteiger partial charge in [-0.3, -0.25) is 0 Å². The summed E-state index contributed by atoms with van der Waals surface area (Å²) in [5, 5.41) is 0. The molecule has 0 saturated carbocycles. The molecule has 2 atom stereocenters. The zero-order valence-corrected chi connectivity index (χ0v) is 9.39. The average Bonchev–Trinajstić information content (AvgIpc) is 2.33. The highest BCUT2D eigenvalue weighted by Crippen LogP contribution is 2.16. The Bertz CT molecular complexity index is 339. The monoisotopic (exact) mass is 220 g/mol. The molecular weight excluding hydrogens is 204 g/mol. The second-order valence-electron chi connectivity index (χ2n) is 4.11. The molecule has 1 fully saturated rings. The van der Waals surface area contributed by atoms with Crippen molar-refractivity contribution in [1.82, 2.24) is 0 Å². The van der Waals surface area contributed by atoms with Gasteiger partial charge in [0.25, 0.3) is 0 Å². The van der Waals surface area contributed by atoms with Crippen LogP contribution in [0, 0.1) is 0 Å². The first-order valence-electron chi connectivity index (χ1n) is 5.63. The van der Waals surface area contributed by atoms with Crippen molar-refractivity contribution in [2.24, 2.45) is 0 Å². The summed E-state index contributed by atoms with van der Waals surface area (Å²) in [6.45, 7) is 2.55. The van der Waals surface area contributed by atoms with Gasteiger partial charge in [0.1, 0.15) is 6.10 Å². The van der Waals surface area contributed by atoms with Gasteiger partial charge < -0.3 is 9.47 Å². The van der Waals surface area contributed by atoms with Crippen molar-refractivity contribution in [2.75, 3.05) is 6.61 Å². The Balaban J connectivity index is 1.88. The molecule has 1 heterocycles. The Labute approximate surface area is 95.4 Å². The van der Waals surface area contributed by atoms with Crippen molar-refractivity contribution in [1.29, 1.82) is 0 Å². The normalized spacial score (nSPS) is 25.1. The molecule has 1 aromatic carbocycles. The van der Waals surface area contributed by atoms with E-state index in [2.05, 4.69) is 0 Å². The number of ether oxygens (including phenoxy) is 2. The van der Waals surface area contributed by atoms with E-state index in [1.54, 1.807) is 12.1 Å². The van der Waals surface area contributed by atoms with Gasteiger partial charge in [0.2, 0.25) is 0 Å². The van der Waals surface area contributed by atoms with E-state index in [9.17, 15) is 4.79 Å². The van der Waals surface area contributed by atoms with Gasteiger partial charge >= 0.3 is 5.97 Å². The van der Waals surface area contributed by atoms with Crippen LogP contribution in [-0.4, -0.2) is 24.8 Å². The number of benzene rings is 1. The van der Waals surface area contributed by atoms with Crippen LogP contribution in [0.1, 0.15) is 30.1 Å². The van der Waals surface area contributed by atoms with Crippen LogP contribution in [0.4, 0.5) is 0 Å². The lowest BCUT2D eigenvalue weighted by Gasteiger charge is -2.26. The van der Waals surface area contributed by atoms with Crippen LogP contribution in [0.5, 0.6) is 0 Å². The van der Waals surface area contributed by atoms with Gasteiger partial charge in [-0.1, -0.05) is 18.2 Å². The number of carbonyl (C=O) groups is 1. The quantitative estimate of drug-likeness (QED) is 0.718. The van der Waals surface area contributed by atoms with Crippen LogP contribution in [-0.2, 0) is 9.47 Å². The maximum Gasteiger partial charge on any atom is 0.338 e. The van der Waals surface area contributed by atoms with E-state index in [-0.39, 0.29) is 18.2 Å². The summed E-state index contributed by atoms with van der Waals surface area (Å²) in [6.07, 6.45) is 2.03. The third kappa shape index (κ3) is 2.83. The first-order chi connectivity index (χ1) is 7.75. The summed E-state index contributed by atoms with van der Waals surface area (Å²) in [7, 11) is 0. The molecule has 1 saturated heterocycles. The average molecular weight is 220 g/mol. The summed E-state index contributed by atoms with van der Waals surface area (Å²) in [5.74, 6) is -0.260. The molecule has 0 bridgehead atoms. The van der Waals surface area contributed by atoms with Crippen LogP contribution in [0.2, 0.25) is 0 Å². The van der Waals surface area contributed by atoms with Crippen LogP contribution in [0.15, 0.2) is 30.3 Å². The molecule has 0 spiro atoms. The van der Waals surface area contributed by atoms with Gasteiger partial charge in [0.05, 0.1) is 18.3 Å². The lowest BCUT2D eigenvalue weighted by atomic mass is 10.1. The molecule has 2 rings (SSSR count). The minimum atomic E-state index is -0.260. The second-order valence-corrected chi connectivity index (χ2v) is 4.11. The molecule has 86 valence electrons. The summed E-state index contributed by atoms with van der Waals surface area (Å²) in [4.78, 5) is 11.7. The molecule has 3 nitrogen and oxygen atoms in total. The molecule has 3 heteroatoms. The molecule has 0 aromatic heterocycles. The third-order valence-corrected chi connectivity index (χ3v) is 2.74.